The van der Waals surface area contributed by atoms with E-state index in [4.69, 9.17) is 5.11 Å². The zero-order valence-corrected chi connectivity index (χ0v) is 9.69. The molecule has 1 heterocycles. The zero-order chi connectivity index (χ0) is 14.8. The second-order valence-electron chi connectivity index (χ2n) is 3.43. The summed E-state index contributed by atoms with van der Waals surface area (Å²) in [5.41, 5.74) is 0. The molecule has 0 radical (unpaired) electrons. The Bertz CT molecular complexity index is 517. The van der Waals surface area contributed by atoms with Gasteiger partial charge in [-0.2, -0.15) is 28.1 Å². The number of carboxylic acids is 1. The van der Waals surface area contributed by atoms with E-state index in [1.807, 2.05) is 0 Å². The minimum absolute atomic E-state index is 0.204. The third-order valence-corrected chi connectivity index (χ3v) is 1.70. The fourth-order valence-corrected chi connectivity index (χ4v) is 0.889. The molecule has 0 unspecified atom stereocenters. The van der Waals surface area contributed by atoms with Crippen LogP contribution in [0.3, 0.4) is 0 Å². The third kappa shape index (κ3) is 3.76. The van der Waals surface area contributed by atoms with Crippen LogP contribution in [0, 0.1) is 0 Å². The average molecular weight is 279 g/mol. The van der Waals surface area contributed by atoms with E-state index in [0.29, 0.717) is 0 Å². The quantitative estimate of drug-likeness (QED) is 0.809. The molecule has 0 fully saturated rings. The van der Waals surface area contributed by atoms with E-state index in [0.717, 1.165) is 0 Å². The molecule has 2 N–H and O–H groups in total. The van der Waals surface area contributed by atoms with Gasteiger partial charge in [-0.15, -0.1) is 0 Å². The molecule has 0 saturated carbocycles. The summed E-state index contributed by atoms with van der Waals surface area (Å²) >= 11 is 0. The van der Waals surface area contributed by atoms with Crippen molar-refractivity contribution in [1.29, 1.82) is 0 Å². The normalized spacial score (nSPS) is 11.0. The first kappa shape index (κ1) is 14.6. The van der Waals surface area contributed by atoms with Gasteiger partial charge in [0.05, 0.1) is 0 Å². The van der Waals surface area contributed by atoms with Crippen LogP contribution in [0.2, 0.25) is 0 Å². The number of rotatable bonds is 3. The number of nitrogens with zero attached hydrogens (tertiary/aromatic N) is 4. The van der Waals surface area contributed by atoms with Gasteiger partial charge in [0.2, 0.25) is 17.7 Å². The number of nitrogens with one attached hydrogen (secondary N) is 1. The van der Waals surface area contributed by atoms with Gasteiger partial charge in [0, 0.05) is 14.1 Å². The zero-order valence-electron chi connectivity index (χ0n) is 9.69. The predicted molar refractivity (Wildman–Crippen MR) is 55.8 cm³/mol. The SMILES string of the molecule is CN(C)c1nc(NC(=O)C(F)(F)F)nc(C(=O)O)n1. The summed E-state index contributed by atoms with van der Waals surface area (Å²) in [4.78, 5) is 32.8. The van der Waals surface area contributed by atoms with E-state index < -0.39 is 29.8 Å². The average Bonchev–Trinajstić information content (AvgIpc) is 2.27. The Hall–Kier alpha value is -2.46. The Morgan fingerprint density at radius 3 is 2.21 bits per heavy atom. The minimum atomic E-state index is -5.13. The van der Waals surface area contributed by atoms with E-state index in [9.17, 15) is 22.8 Å². The molecule has 0 atom stereocenters. The Morgan fingerprint density at radius 1 is 1.21 bits per heavy atom. The summed E-state index contributed by atoms with van der Waals surface area (Å²) in [6.07, 6.45) is -5.13. The van der Waals surface area contributed by atoms with Gasteiger partial charge in [-0.05, 0) is 0 Å². The molecule has 1 amide bonds. The third-order valence-electron chi connectivity index (χ3n) is 1.70. The summed E-state index contributed by atoms with van der Waals surface area (Å²) in [6.45, 7) is 0. The van der Waals surface area contributed by atoms with Crippen molar-refractivity contribution >= 4 is 23.8 Å². The molecular weight excluding hydrogens is 271 g/mol. The fourth-order valence-electron chi connectivity index (χ4n) is 0.889. The van der Waals surface area contributed by atoms with Crippen LogP contribution in [0.15, 0.2) is 0 Å². The molecule has 1 rings (SSSR count). The molecule has 0 aliphatic carbocycles. The highest BCUT2D eigenvalue weighted by atomic mass is 19.4. The number of carboxylic acid groups (broad SMARTS) is 1. The molecule has 11 heteroatoms. The van der Waals surface area contributed by atoms with Crippen LogP contribution < -0.4 is 10.2 Å². The highest BCUT2D eigenvalue weighted by Crippen LogP contribution is 2.17. The van der Waals surface area contributed by atoms with Crippen molar-refractivity contribution in [3.8, 4) is 0 Å². The highest BCUT2D eigenvalue weighted by molar-refractivity contribution is 5.94. The van der Waals surface area contributed by atoms with Crippen LogP contribution >= 0.6 is 0 Å². The fraction of sp³-hybridized carbons (Fsp3) is 0.375. The lowest BCUT2D eigenvalue weighted by Crippen LogP contribution is -2.31. The van der Waals surface area contributed by atoms with E-state index >= 15 is 0 Å². The van der Waals surface area contributed by atoms with E-state index in [2.05, 4.69) is 15.0 Å². The van der Waals surface area contributed by atoms with Crippen LogP contribution in [0.4, 0.5) is 25.1 Å². The number of carbonyl (C=O) groups excluding carboxylic acids is 1. The topological polar surface area (TPSA) is 108 Å². The largest absolute Gasteiger partial charge is 0.475 e. The molecule has 0 aromatic carbocycles. The summed E-state index contributed by atoms with van der Waals surface area (Å²) in [5.74, 6) is -5.65. The maximum atomic E-state index is 12.0. The molecule has 0 aliphatic rings. The monoisotopic (exact) mass is 279 g/mol. The molecule has 0 aliphatic heterocycles. The van der Waals surface area contributed by atoms with Crippen molar-refractivity contribution in [2.75, 3.05) is 24.3 Å². The molecule has 1 aromatic heterocycles. The first-order valence-electron chi connectivity index (χ1n) is 4.66. The summed E-state index contributed by atoms with van der Waals surface area (Å²) in [6, 6.07) is 0. The molecular formula is C8H8F3N5O3. The van der Waals surface area contributed by atoms with Crippen molar-refractivity contribution in [1.82, 2.24) is 15.0 Å². The van der Waals surface area contributed by atoms with E-state index in [1.165, 1.54) is 24.3 Å². The molecule has 0 spiro atoms. The Morgan fingerprint density at radius 2 is 1.79 bits per heavy atom. The molecule has 104 valence electrons. The van der Waals surface area contributed by atoms with Gasteiger partial charge >= 0.3 is 18.1 Å². The van der Waals surface area contributed by atoms with Crippen LogP contribution in [0.1, 0.15) is 10.6 Å². The number of amides is 1. The summed E-state index contributed by atoms with van der Waals surface area (Å²) in [7, 11) is 2.88. The van der Waals surface area contributed by atoms with Crippen LogP contribution in [0.25, 0.3) is 0 Å². The predicted octanol–water partition coefficient (Wildman–Crippen LogP) is 0.137. The van der Waals surface area contributed by atoms with Gasteiger partial charge in [-0.1, -0.05) is 0 Å². The molecule has 8 nitrogen and oxygen atoms in total. The van der Waals surface area contributed by atoms with Gasteiger partial charge in [-0.3, -0.25) is 10.1 Å². The first-order valence-corrected chi connectivity index (χ1v) is 4.66. The number of halogens is 3. The maximum absolute atomic E-state index is 12.0. The number of aromatic nitrogens is 3. The van der Waals surface area contributed by atoms with Gasteiger partial charge in [0.25, 0.3) is 0 Å². The van der Waals surface area contributed by atoms with Crippen molar-refractivity contribution in [3.63, 3.8) is 0 Å². The van der Waals surface area contributed by atoms with E-state index in [-0.39, 0.29) is 5.95 Å². The summed E-state index contributed by atoms with van der Waals surface area (Å²) < 4.78 is 36.1. The minimum Gasteiger partial charge on any atom is -0.475 e. The second kappa shape index (κ2) is 5.04. The number of hydrogen-bond acceptors (Lipinski definition) is 6. The van der Waals surface area contributed by atoms with Gasteiger partial charge < -0.3 is 10.0 Å². The smallest absolute Gasteiger partial charge is 0.471 e. The standard InChI is InChI=1S/C8H8F3N5O3/c1-16(2)7-13-3(4(17)18)12-6(15-7)14-5(19)8(9,10)11/h1-2H3,(H,17,18)(H,12,13,14,15,19). The van der Waals surface area contributed by atoms with E-state index in [1.54, 1.807) is 0 Å². The van der Waals surface area contributed by atoms with Crippen molar-refractivity contribution < 1.29 is 27.9 Å². The van der Waals surface area contributed by atoms with Gasteiger partial charge in [0.15, 0.2) is 0 Å². The molecule has 19 heavy (non-hydrogen) atoms. The number of alkyl halides is 3. The van der Waals surface area contributed by atoms with Crippen molar-refractivity contribution in [3.05, 3.63) is 5.82 Å². The molecule has 1 aromatic rings. The lowest BCUT2D eigenvalue weighted by atomic mass is 10.5. The highest BCUT2D eigenvalue weighted by Gasteiger charge is 2.39. The molecule has 0 saturated heterocycles. The Kier molecular flexibility index (Phi) is 3.87. The first-order chi connectivity index (χ1) is 8.61. The second-order valence-corrected chi connectivity index (χ2v) is 3.43. The van der Waals surface area contributed by atoms with Crippen LogP contribution in [-0.4, -0.2) is 52.2 Å². The van der Waals surface area contributed by atoms with Gasteiger partial charge in [-0.25, -0.2) is 4.79 Å². The lowest BCUT2D eigenvalue weighted by molar-refractivity contribution is -0.167. The molecule has 0 bridgehead atoms. The van der Waals surface area contributed by atoms with Gasteiger partial charge in [0.1, 0.15) is 0 Å². The maximum Gasteiger partial charge on any atom is 0.471 e. The Labute approximate surface area is 104 Å². The number of carbonyl (C=O) groups is 2. The van der Waals surface area contributed by atoms with Crippen LogP contribution in [0.5, 0.6) is 0 Å². The number of hydrogen-bond donors (Lipinski definition) is 2. The van der Waals surface area contributed by atoms with Crippen LogP contribution in [-0.2, 0) is 4.79 Å². The summed E-state index contributed by atoms with van der Waals surface area (Å²) in [5, 5.41) is 10.1. The Balaban J connectivity index is 3.14. The lowest BCUT2D eigenvalue weighted by Gasteiger charge is -2.12. The number of aromatic carboxylic acids is 1. The number of anilines is 2. The van der Waals surface area contributed by atoms with Crippen molar-refractivity contribution in [2.24, 2.45) is 0 Å². The van der Waals surface area contributed by atoms with Crippen molar-refractivity contribution in [2.45, 2.75) is 6.18 Å².